The van der Waals surface area contributed by atoms with Crippen LogP contribution in [0, 0.1) is 5.92 Å². The van der Waals surface area contributed by atoms with Gasteiger partial charge in [0.2, 0.25) is 0 Å². The minimum Gasteiger partial charge on any atom is -0.476 e. The lowest BCUT2D eigenvalue weighted by molar-refractivity contribution is 0.0690. The van der Waals surface area contributed by atoms with Crippen molar-refractivity contribution < 1.29 is 9.90 Å². The minimum absolute atomic E-state index is 0.0611. The van der Waals surface area contributed by atoms with E-state index < -0.39 is 5.97 Å². The number of aromatic nitrogens is 3. The lowest BCUT2D eigenvalue weighted by Crippen LogP contribution is -2.09. The fraction of sp³-hybridized carbons (Fsp3) is 0.611. The van der Waals surface area contributed by atoms with Crippen molar-refractivity contribution in [3.05, 3.63) is 29.2 Å². The molecular formula is C18H25N3O2. The van der Waals surface area contributed by atoms with Crippen molar-refractivity contribution in [2.75, 3.05) is 0 Å². The Morgan fingerprint density at radius 1 is 1.26 bits per heavy atom. The van der Waals surface area contributed by atoms with Gasteiger partial charge in [0.05, 0.1) is 0 Å². The van der Waals surface area contributed by atoms with Crippen LogP contribution in [0.5, 0.6) is 0 Å². The third kappa shape index (κ3) is 3.54. The molecule has 0 amide bonds. The second-order valence-electron chi connectivity index (χ2n) is 6.99. The lowest BCUT2D eigenvalue weighted by Gasteiger charge is -2.15. The van der Waals surface area contributed by atoms with E-state index in [0.717, 1.165) is 17.8 Å². The number of carboxylic acids is 1. The van der Waals surface area contributed by atoms with Crippen LogP contribution in [0.2, 0.25) is 0 Å². The maximum absolute atomic E-state index is 11.2. The zero-order valence-electron chi connectivity index (χ0n) is 14.0. The van der Waals surface area contributed by atoms with E-state index in [2.05, 4.69) is 30.0 Å². The molecule has 1 N–H and O–H groups in total. The first-order valence-electron chi connectivity index (χ1n) is 8.67. The van der Waals surface area contributed by atoms with Gasteiger partial charge in [0, 0.05) is 17.5 Å². The Hall–Kier alpha value is -1.91. The van der Waals surface area contributed by atoms with Crippen molar-refractivity contribution >= 4 is 11.6 Å². The molecule has 2 aromatic rings. The van der Waals surface area contributed by atoms with Crippen LogP contribution in [0.3, 0.4) is 0 Å². The zero-order chi connectivity index (χ0) is 16.4. The number of hydrogen-bond donors (Lipinski definition) is 1. The van der Waals surface area contributed by atoms with Crippen LogP contribution in [0.1, 0.15) is 80.2 Å². The van der Waals surface area contributed by atoms with Crippen LogP contribution in [0.15, 0.2) is 12.1 Å². The first-order chi connectivity index (χ1) is 11.0. The van der Waals surface area contributed by atoms with Crippen molar-refractivity contribution in [1.82, 2.24) is 14.6 Å². The molecule has 0 aliphatic heterocycles. The molecule has 5 nitrogen and oxygen atoms in total. The summed E-state index contributed by atoms with van der Waals surface area (Å²) >= 11 is 0. The maximum atomic E-state index is 11.2. The SMILES string of the molecule is CC(C)c1cc(CC2CCCCCC2)nc2cc(C(=O)O)nn12. The average molecular weight is 315 g/mol. The highest BCUT2D eigenvalue weighted by Gasteiger charge is 2.18. The summed E-state index contributed by atoms with van der Waals surface area (Å²) in [6.45, 7) is 4.21. The van der Waals surface area contributed by atoms with Crippen LogP contribution >= 0.6 is 0 Å². The Morgan fingerprint density at radius 2 is 1.96 bits per heavy atom. The summed E-state index contributed by atoms with van der Waals surface area (Å²) in [5.41, 5.74) is 2.82. The largest absolute Gasteiger partial charge is 0.476 e. The van der Waals surface area contributed by atoms with Crippen LogP contribution < -0.4 is 0 Å². The summed E-state index contributed by atoms with van der Waals surface area (Å²) in [5.74, 6) is -0.0280. The fourth-order valence-corrected chi connectivity index (χ4v) is 3.54. The van der Waals surface area contributed by atoms with E-state index in [9.17, 15) is 9.90 Å². The van der Waals surface area contributed by atoms with E-state index in [1.54, 1.807) is 10.6 Å². The third-order valence-electron chi connectivity index (χ3n) is 4.79. The lowest BCUT2D eigenvalue weighted by atomic mass is 9.94. The van der Waals surface area contributed by atoms with E-state index in [1.165, 1.54) is 38.5 Å². The summed E-state index contributed by atoms with van der Waals surface area (Å²) in [5, 5.41) is 13.4. The maximum Gasteiger partial charge on any atom is 0.356 e. The smallest absolute Gasteiger partial charge is 0.356 e. The number of carboxylic acid groups (broad SMARTS) is 1. The summed E-state index contributed by atoms with van der Waals surface area (Å²) in [4.78, 5) is 15.9. The van der Waals surface area contributed by atoms with Crippen molar-refractivity contribution in [2.24, 2.45) is 5.92 Å². The molecule has 0 bridgehead atoms. The molecular weight excluding hydrogens is 290 g/mol. The van der Waals surface area contributed by atoms with Gasteiger partial charge >= 0.3 is 5.97 Å². The molecule has 3 rings (SSSR count). The topological polar surface area (TPSA) is 67.5 Å². The van der Waals surface area contributed by atoms with Crippen molar-refractivity contribution in [3.8, 4) is 0 Å². The van der Waals surface area contributed by atoms with Crippen LogP contribution in [0.25, 0.3) is 5.65 Å². The van der Waals surface area contributed by atoms with Crippen LogP contribution in [-0.2, 0) is 6.42 Å². The molecule has 1 aliphatic rings. The summed E-state index contributed by atoms with van der Waals surface area (Å²) in [7, 11) is 0. The number of hydrogen-bond acceptors (Lipinski definition) is 3. The van der Waals surface area contributed by atoms with E-state index in [4.69, 9.17) is 0 Å². The van der Waals surface area contributed by atoms with Crippen LogP contribution in [-0.4, -0.2) is 25.7 Å². The predicted molar refractivity (Wildman–Crippen MR) is 88.9 cm³/mol. The molecule has 2 heterocycles. The van der Waals surface area contributed by atoms with Gasteiger partial charge < -0.3 is 5.11 Å². The van der Waals surface area contributed by atoms with Crippen molar-refractivity contribution in [3.63, 3.8) is 0 Å². The molecule has 0 saturated heterocycles. The molecule has 0 radical (unpaired) electrons. The predicted octanol–water partition coefficient (Wildman–Crippen LogP) is 4.06. The molecule has 23 heavy (non-hydrogen) atoms. The summed E-state index contributed by atoms with van der Waals surface area (Å²) in [6, 6.07) is 3.69. The second-order valence-corrected chi connectivity index (χ2v) is 6.99. The van der Waals surface area contributed by atoms with Crippen molar-refractivity contribution in [1.29, 1.82) is 0 Å². The molecule has 1 fully saturated rings. The van der Waals surface area contributed by atoms with Gasteiger partial charge in [-0.15, -0.1) is 0 Å². The van der Waals surface area contributed by atoms with E-state index in [-0.39, 0.29) is 11.6 Å². The Balaban J connectivity index is 1.95. The quantitative estimate of drug-likeness (QED) is 0.864. The zero-order valence-corrected chi connectivity index (χ0v) is 14.0. The Bertz CT molecular complexity index is 698. The van der Waals surface area contributed by atoms with Gasteiger partial charge in [-0.25, -0.2) is 14.3 Å². The van der Waals surface area contributed by atoms with Gasteiger partial charge in [-0.05, 0) is 24.3 Å². The standard InChI is InChI=1S/C18H25N3O2/c1-12(2)16-10-14(9-13-7-5-3-4-6-8-13)19-17-11-15(18(22)23)20-21(16)17/h10-13H,3-9H2,1-2H3,(H,22,23). The number of fused-ring (bicyclic) bond motifs is 1. The minimum atomic E-state index is -1.00. The first kappa shape index (κ1) is 16.0. The molecule has 5 heteroatoms. The highest BCUT2D eigenvalue weighted by Crippen LogP contribution is 2.27. The molecule has 1 aliphatic carbocycles. The Morgan fingerprint density at radius 3 is 2.57 bits per heavy atom. The molecule has 0 atom stereocenters. The molecule has 0 aromatic carbocycles. The molecule has 0 unspecified atom stereocenters. The summed E-state index contributed by atoms with van der Waals surface area (Å²) < 4.78 is 1.69. The van der Waals surface area contributed by atoms with E-state index >= 15 is 0 Å². The molecule has 2 aromatic heterocycles. The van der Waals surface area contributed by atoms with Gasteiger partial charge in [0.25, 0.3) is 0 Å². The first-order valence-corrected chi connectivity index (χ1v) is 8.67. The normalized spacial score (nSPS) is 16.8. The van der Waals surface area contributed by atoms with Crippen molar-refractivity contribution in [2.45, 2.75) is 64.7 Å². The highest BCUT2D eigenvalue weighted by atomic mass is 16.4. The molecule has 124 valence electrons. The fourth-order valence-electron chi connectivity index (χ4n) is 3.54. The van der Waals surface area contributed by atoms with Gasteiger partial charge in [-0.3, -0.25) is 0 Å². The number of rotatable bonds is 4. The van der Waals surface area contributed by atoms with Gasteiger partial charge in [-0.1, -0.05) is 52.4 Å². The van der Waals surface area contributed by atoms with E-state index in [0.29, 0.717) is 11.6 Å². The third-order valence-corrected chi connectivity index (χ3v) is 4.79. The van der Waals surface area contributed by atoms with Crippen LogP contribution in [0.4, 0.5) is 0 Å². The number of aromatic carboxylic acids is 1. The number of carbonyl (C=O) groups is 1. The molecule has 1 saturated carbocycles. The summed E-state index contributed by atoms with van der Waals surface area (Å²) in [6.07, 6.45) is 8.89. The monoisotopic (exact) mass is 315 g/mol. The Labute approximate surface area is 136 Å². The van der Waals surface area contributed by atoms with Gasteiger partial charge in [0.15, 0.2) is 11.3 Å². The highest BCUT2D eigenvalue weighted by molar-refractivity contribution is 5.86. The average Bonchev–Trinajstić information content (AvgIpc) is 2.77. The molecule has 0 spiro atoms. The van der Waals surface area contributed by atoms with E-state index in [1.807, 2.05) is 0 Å². The van der Waals surface area contributed by atoms with Gasteiger partial charge in [-0.2, -0.15) is 5.10 Å². The number of nitrogens with zero attached hydrogens (tertiary/aromatic N) is 3. The Kier molecular flexibility index (Phi) is 4.64. The second kappa shape index (κ2) is 6.69. The van der Waals surface area contributed by atoms with Gasteiger partial charge in [0.1, 0.15) is 0 Å².